The Hall–Kier alpha value is -1.39. The van der Waals surface area contributed by atoms with Crippen molar-refractivity contribution in [1.82, 2.24) is 10.3 Å². The normalized spacial score (nSPS) is 9.00. The van der Waals surface area contributed by atoms with Crippen LogP contribution in [-0.2, 0) is 0 Å². The highest BCUT2D eigenvalue weighted by molar-refractivity contribution is 5.77. The van der Waals surface area contributed by atoms with E-state index in [0.29, 0.717) is 6.29 Å². The van der Waals surface area contributed by atoms with Crippen LogP contribution in [0.5, 0.6) is 0 Å². The lowest BCUT2D eigenvalue weighted by atomic mass is 10.5. The summed E-state index contributed by atoms with van der Waals surface area (Å²) in [4.78, 5) is 9.85. The first-order valence-electron chi connectivity index (χ1n) is 1.88. The molecule has 5 heteroatoms. The molecule has 1 aromatic rings. The fourth-order valence-corrected chi connectivity index (χ4v) is 0.284. The number of carbonyl (C=O) groups is 1. The smallest absolute Gasteiger partial charge is 0.199 e. The molecule has 1 rings (SSSR count). The quantitative estimate of drug-likeness (QED) is 0.495. The van der Waals surface area contributed by atoms with E-state index in [9.17, 15) is 4.79 Å². The Bertz CT molecular complexity index is 194. The van der Waals surface area contributed by atoms with E-state index in [-0.39, 0.29) is 11.5 Å². The van der Waals surface area contributed by atoms with E-state index in [1.807, 2.05) is 0 Å². The number of nitrogens with two attached hydrogens (primary N) is 1. The fourth-order valence-electron chi connectivity index (χ4n) is 0.284. The van der Waals surface area contributed by atoms with E-state index in [4.69, 9.17) is 5.73 Å². The van der Waals surface area contributed by atoms with Gasteiger partial charge < -0.3 is 5.73 Å². The van der Waals surface area contributed by atoms with Gasteiger partial charge in [-0.3, -0.25) is 4.79 Å². The molecule has 0 aromatic carbocycles. The molecule has 0 spiro atoms. The predicted octanol–water partition coefficient (Wildman–Crippen LogP) is -0.536. The zero-order valence-corrected chi connectivity index (χ0v) is 3.87. The van der Waals surface area contributed by atoms with Crippen LogP contribution in [0.2, 0.25) is 0 Å². The maximum Gasteiger partial charge on any atom is 0.199 e. The standard InChI is InChI=1S/C3H3N3O2/c4-3-2(1-7)5-8-6-3/h1H,(H2,4,6). The molecular formula is C3H3N3O2. The molecule has 0 bridgehead atoms. The van der Waals surface area contributed by atoms with Crippen molar-refractivity contribution in [2.24, 2.45) is 0 Å². The average molecular weight is 113 g/mol. The van der Waals surface area contributed by atoms with E-state index in [0.717, 1.165) is 0 Å². The summed E-state index contributed by atoms with van der Waals surface area (Å²) in [7, 11) is 0. The molecule has 0 saturated heterocycles. The first kappa shape index (κ1) is 4.76. The number of aromatic nitrogens is 2. The van der Waals surface area contributed by atoms with Crippen LogP contribution in [0.3, 0.4) is 0 Å². The predicted molar refractivity (Wildman–Crippen MR) is 24.1 cm³/mol. The second kappa shape index (κ2) is 1.61. The van der Waals surface area contributed by atoms with Crippen LogP contribution in [0, 0.1) is 0 Å². The molecule has 0 atom stereocenters. The van der Waals surface area contributed by atoms with Crippen LogP contribution in [0.1, 0.15) is 10.5 Å². The van der Waals surface area contributed by atoms with Crippen molar-refractivity contribution in [2.45, 2.75) is 0 Å². The molecule has 1 aromatic heterocycles. The van der Waals surface area contributed by atoms with Crippen molar-refractivity contribution in [3.8, 4) is 0 Å². The van der Waals surface area contributed by atoms with Crippen molar-refractivity contribution in [3.63, 3.8) is 0 Å². The minimum Gasteiger partial charge on any atom is -0.379 e. The number of hydrogen-bond acceptors (Lipinski definition) is 5. The van der Waals surface area contributed by atoms with E-state index in [1.54, 1.807) is 0 Å². The maximum atomic E-state index is 9.85. The molecule has 42 valence electrons. The Labute approximate surface area is 44.4 Å². The van der Waals surface area contributed by atoms with Gasteiger partial charge in [-0.1, -0.05) is 0 Å². The van der Waals surface area contributed by atoms with Gasteiger partial charge in [0.05, 0.1) is 0 Å². The average Bonchev–Trinajstić information content (AvgIpc) is 2.14. The lowest BCUT2D eigenvalue weighted by Crippen LogP contribution is -1.89. The molecule has 0 radical (unpaired) electrons. The van der Waals surface area contributed by atoms with E-state index in [1.165, 1.54) is 0 Å². The first-order valence-corrected chi connectivity index (χ1v) is 1.88. The number of aldehydes is 1. The summed E-state index contributed by atoms with van der Waals surface area (Å²) in [6.07, 6.45) is 0.478. The molecular weight excluding hydrogens is 110 g/mol. The van der Waals surface area contributed by atoms with Gasteiger partial charge >= 0.3 is 0 Å². The summed E-state index contributed by atoms with van der Waals surface area (Å²) in [5.74, 6) is 0.0278. The Morgan fingerprint density at radius 2 is 2.38 bits per heavy atom. The minimum absolute atomic E-state index is 0.0278. The van der Waals surface area contributed by atoms with E-state index < -0.39 is 0 Å². The van der Waals surface area contributed by atoms with Crippen LogP contribution in [0.4, 0.5) is 5.82 Å². The lowest BCUT2D eigenvalue weighted by molar-refractivity contribution is 0.111. The lowest BCUT2D eigenvalue weighted by Gasteiger charge is -1.72. The van der Waals surface area contributed by atoms with Crippen molar-refractivity contribution in [3.05, 3.63) is 5.69 Å². The van der Waals surface area contributed by atoms with Gasteiger partial charge in [0.15, 0.2) is 17.8 Å². The second-order valence-electron chi connectivity index (χ2n) is 1.15. The molecule has 5 nitrogen and oxygen atoms in total. The van der Waals surface area contributed by atoms with Gasteiger partial charge in [0.25, 0.3) is 0 Å². The molecule has 0 fully saturated rings. The molecule has 1 heterocycles. The summed E-state index contributed by atoms with van der Waals surface area (Å²) in [5, 5.41) is 6.30. The molecule has 0 aliphatic rings. The van der Waals surface area contributed by atoms with Gasteiger partial charge in [-0.25, -0.2) is 4.63 Å². The number of rotatable bonds is 1. The summed E-state index contributed by atoms with van der Waals surface area (Å²) >= 11 is 0. The number of hydrogen-bond donors (Lipinski definition) is 1. The van der Waals surface area contributed by atoms with Crippen LogP contribution >= 0.6 is 0 Å². The number of nitrogens with zero attached hydrogens (tertiary/aromatic N) is 2. The van der Waals surface area contributed by atoms with Gasteiger partial charge in [-0.2, -0.15) is 0 Å². The van der Waals surface area contributed by atoms with Crippen molar-refractivity contribution in [1.29, 1.82) is 0 Å². The van der Waals surface area contributed by atoms with Gasteiger partial charge in [-0.15, -0.1) is 0 Å². The minimum atomic E-state index is 0.0278. The highest BCUT2D eigenvalue weighted by Gasteiger charge is 2.00. The zero-order valence-electron chi connectivity index (χ0n) is 3.87. The highest BCUT2D eigenvalue weighted by atomic mass is 16.6. The molecule has 2 N–H and O–H groups in total. The van der Waals surface area contributed by atoms with Crippen molar-refractivity contribution in [2.75, 3.05) is 5.73 Å². The van der Waals surface area contributed by atoms with Gasteiger partial charge in [-0.05, 0) is 10.3 Å². The summed E-state index contributed by atoms with van der Waals surface area (Å²) in [6, 6.07) is 0. The Balaban J connectivity index is 3.09. The fraction of sp³-hybridized carbons (Fsp3) is 0. The Morgan fingerprint density at radius 1 is 1.62 bits per heavy atom. The molecule has 0 unspecified atom stereocenters. The van der Waals surface area contributed by atoms with Crippen LogP contribution in [-0.4, -0.2) is 16.6 Å². The van der Waals surface area contributed by atoms with Crippen LogP contribution in [0.15, 0.2) is 4.63 Å². The third-order valence-corrected chi connectivity index (χ3v) is 0.652. The number of anilines is 1. The van der Waals surface area contributed by atoms with E-state index >= 15 is 0 Å². The molecule has 8 heavy (non-hydrogen) atoms. The Kier molecular flexibility index (Phi) is 0.957. The second-order valence-corrected chi connectivity index (χ2v) is 1.15. The first-order chi connectivity index (χ1) is 3.84. The van der Waals surface area contributed by atoms with Gasteiger partial charge in [0, 0.05) is 0 Å². The van der Waals surface area contributed by atoms with Crippen molar-refractivity contribution >= 4 is 12.1 Å². The third-order valence-electron chi connectivity index (χ3n) is 0.652. The number of nitrogen functional groups attached to an aromatic ring is 1. The van der Waals surface area contributed by atoms with Gasteiger partial charge in [0.2, 0.25) is 0 Å². The SMILES string of the molecule is Nc1nonc1C=O. The molecule has 0 amide bonds. The largest absolute Gasteiger partial charge is 0.379 e. The monoisotopic (exact) mass is 113 g/mol. The Morgan fingerprint density at radius 3 is 2.62 bits per heavy atom. The third kappa shape index (κ3) is 0.534. The number of carbonyl (C=O) groups excluding carboxylic acids is 1. The molecule has 0 aliphatic carbocycles. The van der Waals surface area contributed by atoms with Crippen molar-refractivity contribution < 1.29 is 9.42 Å². The zero-order chi connectivity index (χ0) is 5.98. The van der Waals surface area contributed by atoms with Crippen LogP contribution in [0.25, 0.3) is 0 Å². The van der Waals surface area contributed by atoms with Gasteiger partial charge in [0.1, 0.15) is 0 Å². The topological polar surface area (TPSA) is 82.0 Å². The summed E-state index contributed by atoms with van der Waals surface area (Å²) in [6.45, 7) is 0. The maximum absolute atomic E-state index is 9.85. The highest BCUT2D eigenvalue weighted by Crippen LogP contribution is 1.97. The summed E-state index contributed by atoms with van der Waals surface area (Å²) < 4.78 is 4.08. The van der Waals surface area contributed by atoms with Crippen LogP contribution < -0.4 is 5.73 Å². The van der Waals surface area contributed by atoms with E-state index in [2.05, 4.69) is 14.9 Å². The molecule has 0 aliphatic heterocycles. The summed E-state index contributed by atoms with van der Waals surface area (Å²) in [5.41, 5.74) is 5.10. The molecule has 0 saturated carbocycles.